The Morgan fingerprint density at radius 1 is 1.25 bits per heavy atom. The van der Waals surface area contributed by atoms with Gasteiger partial charge in [-0.05, 0) is 38.4 Å². The summed E-state index contributed by atoms with van der Waals surface area (Å²) in [5.74, 6) is 0. The van der Waals surface area contributed by atoms with E-state index in [4.69, 9.17) is 10.7 Å². The van der Waals surface area contributed by atoms with E-state index in [0.29, 0.717) is 0 Å². The van der Waals surface area contributed by atoms with Crippen molar-refractivity contribution in [1.82, 2.24) is 19.3 Å². The van der Waals surface area contributed by atoms with Crippen molar-refractivity contribution in [3.63, 3.8) is 0 Å². The molecule has 0 bridgehead atoms. The van der Waals surface area contributed by atoms with Crippen molar-refractivity contribution in [1.29, 1.82) is 0 Å². The van der Waals surface area contributed by atoms with E-state index < -0.39 is 0 Å². The van der Waals surface area contributed by atoms with Crippen molar-refractivity contribution in [2.45, 2.75) is 6.54 Å². The van der Waals surface area contributed by atoms with E-state index in [1.54, 1.807) is 6.20 Å². The number of imidazole rings is 1. The highest BCUT2D eigenvalue weighted by molar-refractivity contribution is 5.66. The Kier molecular flexibility index (Phi) is 3.12. The summed E-state index contributed by atoms with van der Waals surface area (Å²) < 4.78 is 2.05. The maximum absolute atomic E-state index is 5.90. The second-order valence-electron chi connectivity index (χ2n) is 5.08. The topological polar surface area (TPSA) is 59.5 Å². The zero-order valence-corrected chi connectivity index (χ0v) is 11.6. The standard InChI is InChI=1S/C15H17N5/c1-19(2)10-13-15(11-4-3-7-17-8-11)18-14-6-5-12(16)9-20(13)14/h3-9H,10,16H2,1-2H3. The van der Waals surface area contributed by atoms with E-state index in [9.17, 15) is 0 Å². The molecule has 0 atom stereocenters. The number of hydrogen-bond donors (Lipinski definition) is 1. The van der Waals surface area contributed by atoms with Gasteiger partial charge in [-0.1, -0.05) is 0 Å². The quantitative estimate of drug-likeness (QED) is 0.789. The third-order valence-electron chi connectivity index (χ3n) is 3.14. The summed E-state index contributed by atoms with van der Waals surface area (Å²) in [5.41, 5.74) is 10.6. The molecule has 2 N–H and O–H groups in total. The minimum atomic E-state index is 0.729. The van der Waals surface area contributed by atoms with Crippen LogP contribution in [0, 0.1) is 0 Å². The number of fused-ring (bicyclic) bond motifs is 1. The second-order valence-corrected chi connectivity index (χ2v) is 5.08. The number of nitrogens with two attached hydrogens (primary N) is 1. The van der Waals surface area contributed by atoms with Crippen LogP contribution in [0.15, 0.2) is 42.9 Å². The zero-order chi connectivity index (χ0) is 14.1. The molecule has 5 heteroatoms. The monoisotopic (exact) mass is 267 g/mol. The van der Waals surface area contributed by atoms with Gasteiger partial charge < -0.3 is 15.0 Å². The molecule has 0 aliphatic rings. The number of anilines is 1. The Hall–Kier alpha value is -2.40. The molecule has 0 aliphatic carbocycles. The van der Waals surface area contributed by atoms with Gasteiger partial charge in [0, 0.05) is 36.4 Å². The lowest BCUT2D eigenvalue weighted by molar-refractivity contribution is 0.396. The molecular weight excluding hydrogens is 250 g/mol. The van der Waals surface area contributed by atoms with E-state index >= 15 is 0 Å². The SMILES string of the molecule is CN(C)Cc1c(-c2cccnc2)nc2ccc(N)cn12. The zero-order valence-electron chi connectivity index (χ0n) is 11.6. The van der Waals surface area contributed by atoms with E-state index in [1.807, 2.05) is 50.8 Å². The van der Waals surface area contributed by atoms with Crippen molar-refractivity contribution < 1.29 is 0 Å². The average Bonchev–Trinajstić information content (AvgIpc) is 2.77. The maximum Gasteiger partial charge on any atom is 0.137 e. The number of rotatable bonds is 3. The number of aromatic nitrogens is 3. The fourth-order valence-corrected chi connectivity index (χ4v) is 2.29. The summed E-state index contributed by atoms with van der Waals surface area (Å²) in [6.07, 6.45) is 5.52. The van der Waals surface area contributed by atoms with Crippen LogP contribution >= 0.6 is 0 Å². The van der Waals surface area contributed by atoms with Crippen LogP contribution < -0.4 is 5.73 Å². The molecule has 0 amide bonds. The first-order valence-corrected chi connectivity index (χ1v) is 6.47. The third kappa shape index (κ3) is 2.23. The van der Waals surface area contributed by atoms with Crippen molar-refractivity contribution in [2.75, 3.05) is 19.8 Å². The number of hydrogen-bond acceptors (Lipinski definition) is 4. The van der Waals surface area contributed by atoms with Gasteiger partial charge in [0.15, 0.2) is 0 Å². The summed E-state index contributed by atoms with van der Waals surface area (Å²) in [6, 6.07) is 7.76. The lowest BCUT2D eigenvalue weighted by Crippen LogP contribution is -2.13. The van der Waals surface area contributed by atoms with Crippen LogP contribution in [-0.4, -0.2) is 33.4 Å². The molecule has 5 nitrogen and oxygen atoms in total. The highest BCUT2D eigenvalue weighted by atomic mass is 15.1. The predicted molar refractivity (Wildman–Crippen MR) is 80.2 cm³/mol. The minimum Gasteiger partial charge on any atom is -0.398 e. The van der Waals surface area contributed by atoms with Gasteiger partial charge in [0.1, 0.15) is 5.65 Å². The molecule has 0 radical (unpaired) electrons. The van der Waals surface area contributed by atoms with Crippen molar-refractivity contribution in [3.05, 3.63) is 48.5 Å². The first-order chi connectivity index (χ1) is 9.65. The second kappa shape index (κ2) is 4.94. The van der Waals surface area contributed by atoms with E-state index in [2.05, 4.69) is 14.3 Å². The molecule has 3 rings (SSSR count). The van der Waals surface area contributed by atoms with Crippen LogP contribution in [0.5, 0.6) is 0 Å². The van der Waals surface area contributed by atoms with Gasteiger partial charge in [0.2, 0.25) is 0 Å². The van der Waals surface area contributed by atoms with Gasteiger partial charge in [-0.2, -0.15) is 0 Å². The smallest absolute Gasteiger partial charge is 0.137 e. The van der Waals surface area contributed by atoms with Gasteiger partial charge in [0.05, 0.1) is 11.4 Å². The summed E-state index contributed by atoms with van der Waals surface area (Å²) >= 11 is 0. The summed E-state index contributed by atoms with van der Waals surface area (Å²) in [5, 5.41) is 0. The molecule has 0 aromatic carbocycles. The summed E-state index contributed by atoms with van der Waals surface area (Å²) in [7, 11) is 4.08. The summed E-state index contributed by atoms with van der Waals surface area (Å²) in [6.45, 7) is 0.787. The Bertz CT molecular complexity index is 731. The first kappa shape index (κ1) is 12.6. The van der Waals surface area contributed by atoms with Crippen LogP contribution in [-0.2, 0) is 6.54 Å². The van der Waals surface area contributed by atoms with Gasteiger partial charge >= 0.3 is 0 Å². The van der Waals surface area contributed by atoms with E-state index in [-0.39, 0.29) is 0 Å². The van der Waals surface area contributed by atoms with Crippen molar-refractivity contribution >= 4 is 11.3 Å². The van der Waals surface area contributed by atoms with Crippen LogP contribution in [0.4, 0.5) is 5.69 Å². The molecule has 0 unspecified atom stereocenters. The normalized spacial score (nSPS) is 11.3. The largest absolute Gasteiger partial charge is 0.398 e. The van der Waals surface area contributed by atoms with E-state index in [1.165, 1.54) is 0 Å². The number of pyridine rings is 2. The predicted octanol–water partition coefficient (Wildman–Crippen LogP) is 2.04. The fraction of sp³-hybridized carbons (Fsp3) is 0.200. The number of nitrogens with zero attached hydrogens (tertiary/aromatic N) is 4. The molecule has 0 spiro atoms. The van der Waals surface area contributed by atoms with Crippen molar-refractivity contribution in [2.24, 2.45) is 0 Å². The molecule has 0 fully saturated rings. The van der Waals surface area contributed by atoms with Crippen molar-refractivity contribution in [3.8, 4) is 11.3 Å². The van der Waals surface area contributed by atoms with Crippen LogP contribution in [0.1, 0.15) is 5.69 Å². The average molecular weight is 267 g/mol. The van der Waals surface area contributed by atoms with Gasteiger partial charge in [-0.3, -0.25) is 4.98 Å². The maximum atomic E-state index is 5.90. The Labute approximate surface area is 117 Å². The Morgan fingerprint density at radius 2 is 2.10 bits per heavy atom. The molecular formula is C15H17N5. The Morgan fingerprint density at radius 3 is 2.80 bits per heavy atom. The van der Waals surface area contributed by atoms with Gasteiger partial charge in [0.25, 0.3) is 0 Å². The summed E-state index contributed by atoms with van der Waals surface area (Å²) in [4.78, 5) is 11.0. The molecule has 3 heterocycles. The van der Waals surface area contributed by atoms with Crippen LogP contribution in [0.25, 0.3) is 16.9 Å². The van der Waals surface area contributed by atoms with Gasteiger partial charge in [-0.15, -0.1) is 0 Å². The molecule has 3 aromatic heterocycles. The lowest BCUT2D eigenvalue weighted by Gasteiger charge is -2.11. The molecule has 0 saturated heterocycles. The Balaban J connectivity index is 2.25. The minimum absolute atomic E-state index is 0.729. The molecule has 0 aliphatic heterocycles. The number of nitrogen functional groups attached to an aromatic ring is 1. The first-order valence-electron chi connectivity index (χ1n) is 6.47. The van der Waals surface area contributed by atoms with Gasteiger partial charge in [-0.25, -0.2) is 4.98 Å². The van der Waals surface area contributed by atoms with Crippen LogP contribution in [0.2, 0.25) is 0 Å². The van der Waals surface area contributed by atoms with Crippen LogP contribution in [0.3, 0.4) is 0 Å². The van der Waals surface area contributed by atoms with E-state index in [0.717, 1.165) is 34.8 Å². The molecule has 0 saturated carbocycles. The molecule has 102 valence electrons. The third-order valence-corrected chi connectivity index (χ3v) is 3.14. The highest BCUT2D eigenvalue weighted by Gasteiger charge is 2.14. The molecule has 3 aromatic rings. The fourth-order valence-electron chi connectivity index (χ4n) is 2.29. The highest BCUT2D eigenvalue weighted by Crippen LogP contribution is 2.25. The lowest BCUT2D eigenvalue weighted by atomic mass is 10.1. The molecule has 20 heavy (non-hydrogen) atoms.